The summed E-state index contributed by atoms with van der Waals surface area (Å²) in [6.45, 7) is 2.54. The first-order chi connectivity index (χ1) is 11.0. The van der Waals surface area contributed by atoms with Gasteiger partial charge in [0.25, 0.3) is 10.0 Å². The lowest BCUT2D eigenvalue weighted by Crippen LogP contribution is -2.32. The number of sulfonamides is 1. The van der Waals surface area contributed by atoms with Crippen molar-refractivity contribution in [2.75, 3.05) is 29.8 Å². The molecule has 0 saturated carbocycles. The van der Waals surface area contributed by atoms with Crippen molar-refractivity contribution in [2.24, 2.45) is 0 Å². The van der Waals surface area contributed by atoms with Gasteiger partial charge in [0, 0.05) is 26.3 Å². The summed E-state index contributed by atoms with van der Waals surface area (Å²) in [6.07, 6.45) is 1.76. The Morgan fingerprint density at radius 1 is 0.913 bits per heavy atom. The highest BCUT2D eigenvalue weighted by atomic mass is 32.2. The predicted molar refractivity (Wildman–Crippen MR) is 96.7 cm³/mol. The first-order valence-electron chi connectivity index (χ1n) is 7.82. The van der Waals surface area contributed by atoms with E-state index < -0.39 is 10.0 Å². The topological polar surface area (TPSA) is 40.6 Å². The molecule has 5 heteroatoms. The van der Waals surface area contributed by atoms with E-state index in [1.54, 1.807) is 24.3 Å². The molecule has 0 aromatic heterocycles. The highest BCUT2D eigenvalue weighted by molar-refractivity contribution is 7.92. The normalized spacial score (nSPS) is 11.3. The molecule has 0 radical (unpaired) electrons. The summed E-state index contributed by atoms with van der Waals surface area (Å²) >= 11 is 0. The van der Waals surface area contributed by atoms with Gasteiger partial charge in [0.15, 0.2) is 0 Å². The number of unbranched alkanes of at least 4 members (excludes halogenated alkanes) is 1. The maximum Gasteiger partial charge on any atom is 0.264 e. The van der Waals surface area contributed by atoms with Crippen molar-refractivity contribution >= 4 is 21.4 Å². The highest BCUT2D eigenvalue weighted by Gasteiger charge is 2.24. The zero-order valence-electron chi connectivity index (χ0n) is 13.9. The fourth-order valence-corrected chi connectivity index (χ4v) is 3.85. The smallest absolute Gasteiger partial charge is 0.264 e. The molecule has 0 aliphatic carbocycles. The molecule has 0 atom stereocenters. The summed E-state index contributed by atoms with van der Waals surface area (Å²) in [5.74, 6) is 0. The summed E-state index contributed by atoms with van der Waals surface area (Å²) in [6, 6.07) is 16.2. The Bertz CT molecular complexity index is 728. The van der Waals surface area contributed by atoms with Crippen molar-refractivity contribution in [3.63, 3.8) is 0 Å². The van der Waals surface area contributed by atoms with Crippen molar-refractivity contribution in [2.45, 2.75) is 24.7 Å². The lowest BCUT2D eigenvalue weighted by molar-refractivity contribution is 0.588. The minimum atomic E-state index is -3.55. The summed E-state index contributed by atoms with van der Waals surface area (Å²) in [5.41, 5.74) is 1.68. The van der Waals surface area contributed by atoms with Crippen LogP contribution in [0.5, 0.6) is 0 Å². The van der Waals surface area contributed by atoms with Gasteiger partial charge in [0.05, 0.1) is 10.6 Å². The largest absolute Gasteiger partial charge is 0.378 e. The molecular formula is C18H24N2O2S. The molecule has 2 aromatic carbocycles. The van der Waals surface area contributed by atoms with E-state index in [1.165, 1.54) is 4.31 Å². The first kappa shape index (κ1) is 17.3. The van der Waals surface area contributed by atoms with Gasteiger partial charge in [0.2, 0.25) is 0 Å². The fraction of sp³-hybridized carbons (Fsp3) is 0.333. The van der Waals surface area contributed by atoms with E-state index in [0.717, 1.165) is 18.5 Å². The SMILES string of the molecule is CCCCN(c1cccc(N(C)C)c1)S(=O)(=O)c1ccccc1. The Kier molecular flexibility index (Phi) is 5.66. The van der Waals surface area contributed by atoms with Gasteiger partial charge in [0.1, 0.15) is 0 Å². The molecule has 4 nitrogen and oxygen atoms in total. The molecule has 2 rings (SSSR count). The lowest BCUT2D eigenvalue weighted by atomic mass is 10.2. The van der Waals surface area contributed by atoms with Crippen LogP contribution >= 0.6 is 0 Å². The van der Waals surface area contributed by atoms with E-state index in [4.69, 9.17) is 0 Å². The number of hydrogen-bond donors (Lipinski definition) is 0. The van der Waals surface area contributed by atoms with Gasteiger partial charge in [-0.05, 0) is 36.8 Å². The zero-order valence-corrected chi connectivity index (χ0v) is 14.8. The molecule has 0 amide bonds. The second-order valence-corrected chi connectivity index (χ2v) is 7.52. The molecule has 23 heavy (non-hydrogen) atoms. The molecule has 0 heterocycles. The third-order valence-electron chi connectivity index (χ3n) is 3.68. The number of anilines is 2. The molecule has 0 spiro atoms. The van der Waals surface area contributed by atoms with Gasteiger partial charge in [-0.15, -0.1) is 0 Å². The lowest BCUT2D eigenvalue weighted by Gasteiger charge is -2.25. The van der Waals surface area contributed by atoms with E-state index in [-0.39, 0.29) is 0 Å². The van der Waals surface area contributed by atoms with Crippen LogP contribution in [0, 0.1) is 0 Å². The van der Waals surface area contributed by atoms with Crippen molar-refractivity contribution in [3.8, 4) is 0 Å². The van der Waals surface area contributed by atoms with Gasteiger partial charge in [-0.2, -0.15) is 0 Å². The number of nitrogens with zero attached hydrogens (tertiary/aromatic N) is 2. The van der Waals surface area contributed by atoms with Gasteiger partial charge >= 0.3 is 0 Å². The monoisotopic (exact) mass is 332 g/mol. The third-order valence-corrected chi connectivity index (χ3v) is 5.52. The molecule has 0 saturated heterocycles. The molecule has 2 aromatic rings. The van der Waals surface area contributed by atoms with Gasteiger partial charge < -0.3 is 4.90 Å². The summed E-state index contributed by atoms with van der Waals surface area (Å²) < 4.78 is 27.6. The van der Waals surface area contributed by atoms with E-state index in [2.05, 4.69) is 6.92 Å². The zero-order chi connectivity index (χ0) is 16.9. The molecule has 0 fully saturated rings. The van der Waals surface area contributed by atoms with Crippen LogP contribution in [-0.4, -0.2) is 29.1 Å². The van der Waals surface area contributed by atoms with Crippen LogP contribution in [0.3, 0.4) is 0 Å². The molecule has 0 N–H and O–H groups in total. The maximum absolute atomic E-state index is 13.0. The number of hydrogen-bond acceptors (Lipinski definition) is 3. The summed E-state index contributed by atoms with van der Waals surface area (Å²) in [5, 5.41) is 0. The number of rotatable bonds is 7. The van der Waals surface area contributed by atoms with Crippen LogP contribution in [0.25, 0.3) is 0 Å². The molecule has 0 unspecified atom stereocenters. The minimum absolute atomic E-state index is 0.325. The van der Waals surface area contributed by atoms with Crippen molar-refractivity contribution in [1.82, 2.24) is 0 Å². The van der Waals surface area contributed by atoms with Crippen LogP contribution in [0.2, 0.25) is 0 Å². The van der Waals surface area contributed by atoms with E-state index in [9.17, 15) is 8.42 Å². The Morgan fingerprint density at radius 2 is 1.57 bits per heavy atom. The average Bonchev–Trinajstić information content (AvgIpc) is 2.56. The maximum atomic E-state index is 13.0. The van der Waals surface area contributed by atoms with Crippen LogP contribution in [0.1, 0.15) is 19.8 Å². The van der Waals surface area contributed by atoms with Crippen molar-refractivity contribution in [3.05, 3.63) is 54.6 Å². The van der Waals surface area contributed by atoms with Gasteiger partial charge in [-0.3, -0.25) is 4.31 Å². The Labute approximate surface area is 139 Å². The van der Waals surface area contributed by atoms with Gasteiger partial charge in [-0.1, -0.05) is 37.6 Å². The standard InChI is InChI=1S/C18H24N2O2S/c1-4-5-14-20(17-11-9-10-16(15-17)19(2)3)23(21,22)18-12-7-6-8-13-18/h6-13,15H,4-5,14H2,1-3H3. The minimum Gasteiger partial charge on any atom is -0.378 e. The van der Waals surface area contributed by atoms with Crippen molar-refractivity contribution in [1.29, 1.82) is 0 Å². The molecule has 0 aliphatic rings. The summed E-state index contributed by atoms with van der Waals surface area (Å²) in [4.78, 5) is 2.29. The van der Waals surface area contributed by atoms with Crippen LogP contribution in [0.15, 0.2) is 59.5 Å². The Hall–Kier alpha value is -2.01. The van der Waals surface area contributed by atoms with Crippen LogP contribution in [0.4, 0.5) is 11.4 Å². The van der Waals surface area contributed by atoms with Crippen LogP contribution < -0.4 is 9.21 Å². The third kappa shape index (κ3) is 4.05. The van der Waals surface area contributed by atoms with E-state index in [1.807, 2.05) is 49.3 Å². The summed E-state index contributed by atoms with van der Waals surface area (Å²) in [7, 11) is 0.337. The molecule has 0 bridgehead atoms. The average molecular weight is 332 g/mol. The molecular weight excluding hydrogens is 308 g/mol. The fourth-order valence-electron chi connectivity index (χ4n) is 2.34. The molecule has 0 aliphatic heterocycles. The highest BCUT2D eigenvalue weighted by Crippen LogP contribution is 2.27. The number of benzene rings is 2. The van der Waals surface area contributed by atoms with Crippen molar-refractivity contribution < 1.29 is 8.42 Å². The predicted octanol–water partition coefficient (Wildman–Crippen LogP) is 3.75. The van der Waals surface area contributed by atoms with Crippen LogP contribution in [-0.2, 0) is 10.0 Å². The first-order valence-corrected chi connectivity index (χ1v) is 9.26. The second-order valence-electron chi connectivity index (χ2n) is 5.66. The van der Waals surface area contributed by atoms with Gasteiger partial charge in [-0.25, -0.2) is 8.42 Å². The quantitative estimate of drug-likeness (QED) is 0.775. The second kappa shape index (κ2) is 7.51. The molecule has 124 valence electrons. The van der Waals surface area contributed by atoms with E-state index in [0.29, 0.717) is 17.1 Å². The Morgan fingerprint density at radius 3 is 2.17 bits per heavy atom. The van der Waals surface area contributed by atoms with E-state index >= 15 is 0 Å². The Balaban J connectivity index is 2.47.